The van der Waals surface area contributed by atoms with Crippen molar-refractivity contribution in [1.82, 2.24) is 20.1 Å². The van der Waals surface area contributed by atoms with E-state index in [4.69, 9.17) is 8.83 Å². The maximum atomic E-state index is 12.9. The number of oxazole rings is 1. The molecule has 2 aliphatic rings. The number of aryl methyl sites for hydroxylation is 1. The van der Waals surface area contributed by atoms with Gasteiger partial charge in [-0.15, -0.1) is 10.2 Å². The molecule has 0 spiro atoms. The Morgan fingerprint density at radius 3 is 2.83 bits per heavy atom. The van der Waals surface area contributed by atoms with Crippen LogP contribution in [0.3, 0.4) is 0 Å². The summed E-state index contributed by atoms with van der Waals surface area (Å²) in [5.74, 6) is 2.32. The number of aromatic nitrogens is 3. The van der Waals surface area contributed by atoms with Gasteiger partial charge in [-0.05, 0) is 32.6 Å². The van der Waals surface area contributed by atoms with E-state index in [0.717, 1.165) is 38.0 Å². The van der Waals surface area contributed by atoms with Gasteiger partial charge in [0.05, 0.1) is 5.92 Å². The fourth-order valence-corrected chi connectivity index (χ4v) is 3.41. The zero-order chi connectivity index (χ0) is 16.0. The Bertz CT molecular complexity index is 718. The number of likely N-dealkylation sites (tertiary alicyclic amines) is 1. The van der Waals surface area contributed by atoms with Gasteiger partial charge in [0.2, 0.25) is 11.8 Å². The molecule has 23 heavy (non-hydrogen) atoms. The van der Waals surface area contributed by atoms with Gasteiger partial charge in [0.25, 0.3) is 5.91 Å². The molecule has 1 aliphatic carbocycles. The molecule has 2 atom stereocenters. The zero-order valence-electron chi connectivity index (χ0n) is 13.4. The van der Waals surface area contributed by atoms with E-state index in [-0.39, 0.29) is 17.9 Å². The summed E-state index contributed by atoms with van der Waals surface area (Å²) in [4.78, 5) is 19.0. The van der Waals surface area contributed by atoms with Crippen LogP contribution < -0.4 is 0 Å². The lowest BCUT2D eigenvalue weighted by atomic mass is 9.89. The van der Waals surface area contributed by atoms with E-state index in [1.807, 2.05) is 11.8 Å². The Hall–Kier alpha value is -2.18. The molecule has 1 saturated heterocycles. The highest BCUT2D eigenvalue weighted by Crippen LogP contribution is 2.42. The fourth-order valence-electron chi connectivity index (χ4n) is 3.41. The third-order valence-corrected chi connectivity index (χ3v) is 4.85. The van der Waals surface area contributed by atoms with Crippen LogP contribution in [0.2, 0.25) is 0 Å². The summed E-state index contributed by atoms with van der Waals surface area (Å²) in [7, 11) is 0. The molecule has 0 aromatic carbocycles. The first kappa shape index (κ1) is 14.4. The molecule has 0 unspecified atom stereocenters. The summed E-state index contributed by atoms with van der Waals surface area (Å²) < 4.78 is 11.0. The minimum absolute atomic E-state index is 0.000136. The lowest BCUT2D eigenvalue weighted by Crippen LogP contribution is -2.46. The number of piperidine rings is 1. The maximum Gasteiger partial charge on any atom is 0.276 e. The van der Waals surface area contributed by atoms with Crippen molar-refractivity contribution in [2.45, 2.75) is 57.4 Å². The fraction of sp³-hybridized carbons (Fsp3) is 0.625. The highest BCUT2D eigenvalue weighted by atomic mass is 16.4. The number of hydrogen-bond acceptors (Lipinski definition) is 6. The molecule has 1 amide bonds. The summed E-state index contributed by atoms with van der Waals surface area (Å²) in [6, 6.07) is -0.000136. The smallest absolute Gasteiger partial charge is 0.276 e. The first-order chi connectivity index (χ1) is 11.1. The molecule has 2 aromatic heterocycles. The minimum Gasteiger partial charge on any atom is -0.447 e. The van der Waals surface area contributed by atoms with Gasteiger partial charge in [-0.2, -0.15) is 0 Å². The number of amides is 1. The predicted octanol–water partition coefficient (Wildman–Crippen LogP) is 2.65. The van der Waals surface area contributed by atoms with Crippen LogP contribution in [-0.4, -0.2) is 38.6 Å². The minimum atomic E-state index is -0.0471. The largest absolute Gasteiger partial charge is 0.447 e. The third kappa shape index (κ3) is 2.54. The summed E-state index contributed by atoms with van der Waals surface area (Å²) in [6.45, 7) is 4.54. The van der Waals surface area contributed by atoms with Gasteiger partial charge in [-0.1, -0.05) is 0 Å². The first-order valence-corrected chi connectivity index (χ1v) is 8.19. The van der Waals surface area contributed by atoms with Gasteiger partial charge >= 0.3 is 0 Å². The summed E-state index contributed by atoms with van der Waals surface area (Å²) in [6.07, 6.45) is 5.40. The van der Waals surface area contributed by atoms with Crippen molar-refractivity contribution in [2.75, 3.05) is 6.54 Å². The molecule has 2 fully saturated rings. The molecular formula is C16H20N4O3. The molecule has 4 rings (SSSR count). The van der Waals surface area contributed by atoms with E-state index >= 15 is 0 Å². The van der Waals surface area contributed by atoms with Crippen LogP contribution in [0.1, 0.15) is 72.5 Å². The second kappa shape index (κ2) is 5.47. The highest BCUT2D eigenvalue weighted by molar-refractivity contribution is 5.93. The van der Waals surface area contributed by atoms with E-state index < -0.39 is 0 Å². The SMILES string of the molecule is Cc1nnc([C@H]2CCCN(C(=O)c3ncoc3C3CC3)[C@H]2C)o1. The van der Waals surface area contributed by atoms with Crippen molar-refractivity contribution in [1.29, 1.82) is 0 Å². The third-order valence-electron chi connectivity index (χ3n) is 4.85. The Kier molecular flexibility index (Phi) is 3.43. The summed E-state index contributed by atoms with van der Waals surface area (Å²) in [5.41, 5.74) is 0.474. The van der Waals surface area contributed by atoms with Gasteiger partial charge in [-0.3, -0.25) is 4.79 Å². The van der Waals surface area contributed by atoms with E-state index in [9.17, 15) is 4.79 Å². The van der Waals surface area contributed by atoms with Crippen molar-refractivity contribution >= 4 is 5.91 Å². The second-order valence-corrected chi connectivity index (χ2v) is 6.49. The summed E-state index contributed by atoms with van der Waals surface area (Å²) >= 11 is 0. The number of carbonyl (C=O) groups excluding carboxylic acids is 1. The molecule has 122 valence electrons. The van der Waals surface area contributed by atoms with Gasteiger partial charge in [0.15, 0.2) is 12.1 Å². The lowest BCUT2D eigenvalue weighted by molar-refractivity contribution is 0.0575. The van der Waals surface area contributed by atoms with Gasteiger partial charge in [0, 0.05) is 25.4 Å². The molecule has 2 aromatic rings. The molecule has 3 heterocycles. The molecule has 7 nitrogen and oxygen atoms in total. The lowest BCUT2D eigenvalue weighted by Gasteiger charge is -2.37. The van der Waals surface area contributed by atoms with Crippen LogP contribution in [0.25, 0.3) is 0 Å². The molecular weight excluding hydrogens is 296 g/mol. The molecule has 0 bridgehead atoms. The van der Waals surface area contributed by atoms with E-state index in [2.05, 4.69) is 15.2 Å². The van der Waals surface area contributed by atoms with Crippen molar-refractivity contribution in [2.24, 2.45) is 0 Å². The average molecular weight is 316 g/mol. The Morgan fingerprint density at radius 1 is 1.30 bits per heavy atom. The van der Waals surface area contributed by atoms with Crippen LogP contribution in [-0.2, 0) is 0 Å². The summed E-state index contributed by atoms with van der Waals surface area (Å²) in [5, 5.41) is 8.06. The normalized spacial score (nSPS) is 24.9. The molecule has 1 aliphatic heterocycles. The van der Waals surface area contributed by atoms with E-state index in [0.29, 0.717) is 23.4 Å². The standard InChI is InChI=1S/C16H20N4O3/c1-9-12(15-19-18-10(2)23-15)4-3-7-20(9)16(21)13-14(11-5-6-11)22-8-17-13/h8-9,11-12H,3-7H2,1-2H3/t9-,12-/m0/s1. The van der Waals surface area contributed by atoms with Crippen LogP contribution in [0.5, 0.6) is 0 Å². The van der Waals surface area contributed by atoms with Crippen molar-refractivity contribution < 1.29 is 13.6 Å². The first-order valence-electron chi connectivity index (χ1n) is 8.19. The van der Waals surface area contributed by atoms with Crippen LogP contribution in [0, 0.1) is 6.92 Å². The highest BCUT2D eigenvalue weighted by Gasteiger charge is 2.39. The second-order valence-electron chi connectivity index (χ2n) is 6.49. The number of hydrogen-bond donors (Lipinski definition) is 0. The molecule has 0 radical (unpaired) electrons. The van der Waals surface area contributed by atoms with Crippen molar-refractivity contribution in [3.63, 3.8) is 0 Å². The van der Waals surface area contributed by atoms with Crippen molar-refractivity contribution in [3.05, 3.63) is 29.6 Å². The van der Waals surface area contributed by atoms with E-state index in [1.54, 1.807) is 6.92 Å². The number of rotatable bonds is 3. The quantitative estimate of drug-likeness (QED) is 0.865. The van der Waals surface area contributed by atoms with Crippen LogP contribution in [0.15, 0.2) is 15.2 Å². The van der Waals surface area contributed by atoms with Crippen LogP contribution >= 0.6 is 0 Å². The van der Waals surface area contributed by atoms with Gasteiger partial charge in [0.1, 0.15) is 5.76 Å². The Labute approximate surface area is 134 Å². The topological polar surface area (TPSA) is 85.3 Å². The van der Waals surface area contributed by atoms with E-state index in [1.165, 1.54) is 6.39 Å². The monoisotopic (exact) mass is 316 g/mol. The predicted molar refractivity (Wildman–Crippen MR) is 80.0 cm³/mol. The zero-order valence-corrected chi connectivity index (χ0v) is 13.4. The van der Waals surface area contributed by atoms with Crippen LogP contribution in [0.4, 0.5) is 0 Å². The van der Waals surface area contributed by atoms with Crippen molar-refractivity contribution in [3.8, 4) is 0 Å². The van der Waals surface area contributed by atoms with Gasteiger partial charge in [-0.25, -0.2) is 4.98 Å². The molecule has 0 N–H and O–H groups in total. The average Bonchev–Trinajstić information content (AvgIpc) is 3.11. The number of carbonyl (C=O) groups is 1. The maximum absolute atomic E-state index is 12.9. The Morgan fingerprint density at radius 2 is 2.13 bits per heavy atom. The Balaban J connectivity index is 1.58. The molecule has 7 heteroatoms. The molecule has 1 saturated carbocycles. The number of nitrogens with zero attached hydrogens (tertiary/aromatic N) is 4. The van der Waals surface area contributed by atoms with Gasteiger partial charge < -0.3 is 13.7 Å².